The van der Waals surface area contributed by atoms with E-state index in [2.05, 4.69) is 23.4 Å². The average molecular weight is 308 g/mol. The Kier molecular flexibility index (Phi) is 5.26. The Bertz CT molecular complexity index is 610. The van der Waals surface area contributed by atoms with Gasteiger partial charge in [0, 0.05) is 11.6 Å². The maximum atomic E-state index is 6.27. The molecule has 0 aliphatic rings. The zero-order valence-electron chi connectivity index (χ0n) is 13.0. The summed E-state index contributed by atoms with van der Waals surface area (Å²) in [6.45, 7) is 4.99. The van der Waals surface area contributed by atoms with E-state index in [1.165, 1.54) is 0 Å². The van der Waals surface area contributed by atoms with Gasteiger partial charge in [-0.3, -0.25) is 4.68 Å². The van der Waals surface area contributed by atoms with Gasteiger partial charge in [0.1, 0.15) is 5.69 Å². The van der Waals surface area contributed by atoms with Crippen molar-refractivity contribution in [2.45, 2.75) is 32.9 Å². The van der Waals surface area contributed by atoms with Crippen LogP contribution in [0.2, 0.25) is 5.02 Å². The molecule has 1 heterocycles. The molecular formula is C16H22ClN3O. The molecule has 2 rings (SSSR count). The van der Waals surface area contributed by atoms with Crippen LogP contribution in [0.1, 0.15) is 36.2 Å². The van der Waals surface area contributed by atoms with Crippen molar-refractivity contribution in [2.24, 2.45) is 0 Å². The second-order valence-electron chi connectivity index (χ2n) is 5.05. The summed E-state index contributed by atoms with van der Waals surface area (Å²) < 4.78 is 7.47. The average Bonchev–Trinajstić information content (AvgIpc) is 2.87. The SMILES string of the molecule is CCCn1ncc(OC)c1C(NC)c1ccc(C)c(Cl)c1. The molecule has 1 N–H and O–H groups in total. The Hall–Kier alpha value is -1.52. The summed E-state index contributed by atoms with van der Waals surface area (Å²) in [6.07, 6.45) is 2.79. The highest BCUT2D eigenvalue weighted by Crippen LogP contribution is 2.31. The van der Waals surface area contributed by atoms with Gasteiger partial charge in [0.05, 0.1) is 19.3 Å². The molecule has 1 unspecified atom stereocenters. The van der Waals surface area contributed by atoms with Crippen molar-refractivity contribution in [1.82, 2.24) is 15.1 Å². The molecule has 0 saturated carbocycles. The second-order valence-corrected chi connectivity index (χ2v) is 5.46. The van der Waals surface area contributed by atoms with E-state index >= 15 is 0 Å². The number of hydrogen-bond donors (Lipinski definition) is 1. The molecule has 0 amide bonds. The molecule has 0 fully saturated rings. The van der Waals surface area contributed by atoms with Crippen molar-refractivity contribution in [3.63, 3.8) is 0 Å². The van der Waals surface area contributed by atoms with Gasteiger partial charge in [-0.15, -0.1) is 0 Å². The first-order valence-electron chi connectivity index (χ1n) is 7.15. The van der Waals surface area contributed by atoms with E-state index in [-0.39, 0.29) is 6.04 Å². The molecule has 114 valence electrons. The minimum atomic E-state index is -0.00731. The van der Waals surface area contributed by atoms with Crippen molar-refractivity contribution in [1.29, 1.82) is 0 Å². The lowest BCUT2D eigenvalue weighted by molar-refractivity contribution is 0.400. The van der Waals surface area contributed by atoms with Gasteiger partial charge in [-0.05, 0) is 37.6 Å². The van der Waals surface area contributed by atoms with Crippen LogP contribution in [0.4, 0.5) is 0 Å². The standard InChI is InChI=1S/C16H22ClN3O/c1-5-8-20-16(14(21-4)10-19-20)15(18-3)12-7-6-11(2)13(17)9-12/h6-7,9-10,15,18H,5,8H2,1-4H3. The molecule has 4 nitrogen and oxygen atoms in total. The number of benzene rings is 1. The molecule has 5 heteroatoms. The fourth-order valence-corrected chi connectivity index (χ4v) is 2.66. The first-order valence-corrected chi connectivity index (χ1v) is 7.53. The molecule has 1 aromatic heterocycles. The lowest BCUT2D eigenvalue weighted by Gasteiger charge is -2.20. The van der Waals surface area contributed by atoms with E-state index in [9.17, 15) is 0 Å². The number of aromatic nitrogens is 2. The van der Waals surface area contributed by atoms with Crippen LogP contribution in [0.3, 0.4) is 0 Å². The van der Waals surface area contributed by atoms with Crippen LogP contribution >= 0.6 is 11.6 Å². The number of nitrogens with zero attached hydrogens (tertiary/aromatic N) is 2. The predicted octanol–water partition coefficient (Wildman–Crippen LogP) is 3.57. The van der Waals surface area contributed by atoms with Crippen molar-refractivity contribution in [3.8, 4) is 5.75 Å². The van der Waals surface area contributed by atoms with Crippen LogP contribution in [-0.2, 0) is 6.54 Å². The topological polar surface area (TPSA) is 39.1 Å². The van der Waals surface area contributed by atoms with Crippen LogP contribution < -0.4 is 10.1 Å². The number of halogens is 1. The van der Waals surface area contributed by atoms with Crippen molar-refractivity contribution in [2.75, 3.05) is 14.2 Å². The van der Waals surface area contributed by atoms with Crippen molar-refractivity contribution >= 4 is 11.6 Å². The van der Waals surface area contributed by atoms with Crippen molar-refractivity contribution < 1.29 is 4.74 Å². The summed E-state index contributed by atoms with van der Waals surface area (Å²) >= 11 is 6.27. The smallest absolute Gasteiger partial charge is 0.161 e. The Morgan fingerprint density at radius 2 is 2.19 bits per heavy atom. The van der Waals surface area contributed by atoms with E-state index < -0.39 is 0 Å². The molecule has 0 radical (unpaired) electrons. The van der Waals surface area contributed by atoms with E-state index in [1.54, 1.807) is 13.3 Å². The van der Waals surface area contributed by atoms with Gasteiger partial charge in [-0.25, -0.2) is 0 Å². The summed E-state index contributed by atoms with van der Waals surface area (Å²) in [7, 11) is 3.60. The molecule has 2 aromatic rings. The number of aryl methyl sites for hydroxylation is 2. The molecule has 1 aromatic carbocycles. The highest BCUT2D eigenvalue weighted by atomic mass is 35.5. The summed E-state index contributed by atoms with van der Waals surface area (Å²) in [6, 6.07) is 6.12. The van der Waals surface area contributed by atoms with Gasteiger partial charge in [-0.2, -0.15) is 5.10 Å². The highest BCUT2D eigenvalue weighted by molar-refractivity contribution is 6.31. The fourth-order valence-electron chi connectivity index (χ4n) is 2.47. The zero-order chi connectivity index (χ0) is 15.4. The Morgan fingerprint density at radius 1 is 1.43 bits per heavy atom. The summed E-state index contributed by atoms with van der Waals surface area (Å²) in [5.74, 6) is 0.791. The monoisotopic (exact) mass is 307 g/mol. The number of rotatable bonds is 6. The maximum absolute atomic E-state index is 6.27. The fraction of sp³-hybridized carbons (Fsp3) is 0.438. The molecule has 1 atom stereocenters. The minimum Gasteiger partial charge on any atom is -0.493 e. The molecule has 0 spiro atoms. The van der Waals surface area contributed by atoms with Crippen LogP contribution in [-0.4, -0.2) is 23.9 Å². The van der Waals surface area contributed by atoms with Crippen LogP contribution in [0.15, 0.2) is 24.4 Å². The van der Waals surface area contributed by atoms with Crippen molar-refractivity contribution in [3.05, 3.63) is 46.2 Å². The second kappa shape index (κ2) is 6.96. The maximum Gasteiger partial charge on any atom is 0.161 e. The Balaban J connectivity index is 2.49. The molecule has 0 saturated heterocycles. The van der Waals surface area contributed by atoms with E-state index in [1.807, 2.05) is 30.8 Å². The summed E-state index contributed by atoms with van der Waals surface area (Å²) in [5.41, 5.74) is 3.20. The molecular weight excluding hydrogens is 286 g/mol. The van der Waals surface area contributed by atoms with Gasteiger partial charge >= 0.3 is 0 Å². The van der Waals surface area contributed by atoms with E-state index in [0.29, 0.717) is 0 Å². The highest BCUT2D eigenvalue weighted by Gasteiger charge is 2.22. The lowest BCUT2D eigenvalue weighted by atomic mass is 10.0. The van der Waals surface area contributed by atoms with Gasteiger partial charge < -0.3 is 10.1 Å². The number of nitrogens with one attached hydrogen (secondary N) is 1. The van der Waals surface area contributed by atoms with Gasteiger partial charge in [0.15, 0.2) is 5.75 Å². The number of ether oxygens (including phenoxy) is 1. The third kappa shape index (κ3) is 3.22. The number of methoxy groups -OCH3 is 1. The van der Waals surface area contributed by atoms with Crippen LogP contribution in [0, 0.1) is 6.92 Å². The van der Waals surface area contributed by atoms with Gasteiger partial charge in [-0.1, -0.05) is 30.7 Å². The normalized spacial score (nSPS) is 12.4. The van der Waals surface area contributed by atoms with E-state index in [4.69, 9.17) is 16.3 Å². The quantitative estimate of drug-likeness (QED) is 0.886. The Labute approximate surface area is 131 Å². The van der Waals surface area contributed by atoms with Gasteiger partial charge in [0.2, 0.25) is 0 Å². The van der Waals surface area contributed by atoms with Crippen LogP contribution in [0.25, 0.3) is 0 Å². The largest absolute Gasteiger partial charge is 0.493 e. The molecule has 0 aliphatic carbocycles. The zero-order valence-corrected chi connectivity index (χ0v) is 13.7. The van der Waals surface area contributed by atoms with E-state index in [0.717, 1.165) is 40.6 Å². The third-order valence-corrected chi connectivity index (χ3v) is 4.00. The third-order valence-electron chi connectivity index (χ3n) is 3.59. The molecule has 0 aliphatic heterocycles. The first kappa shape index (κ1) is 15.9. The summed E-state index contributed by atoms with van der Waals surface area (Å²) in [5, 5.41) is 8.54. The molecule has 21 heavy (non-hydrogen) atoms. The summed E-state index contributed by atoms with van der Waals surface area (Å²) in [4.78, 5) is 0. The van der Waals surface area contributed by atoms with Gasteiger partial charge in [0.25, 0.3) is 0 Å². The van der Waals surface area contributed by atoms with Crippen LogP contribution in [0.5, 0.6) is 5.75 Å². The first-order chi connectivity index (χ1) is 10.1. The minimum absolute atomic E-state index is 0.00731. The Morgan fingerprint density at radius 3 is 2.76 bits per heavy atom. The molecule has 0 bridgehead atoms. The number of hydrogen-bond acceptors (Lipinski definition) is 3. The lowest BCUT2D eigenvalue weighted by Crippen LogP contribution is -2.22. The predicted molar refractivity (Wildman–Crippen MR) is 86.2 cm³/mol.